The molecule has 1 saturated heterocycles. The van der Waals surface area contributed by atoms with Gasteiger partial charge in [-0.05, 0) is 12.8 Å². The van der Waals surface area contributed by atoms with Crippen molar-refractivity contribution in [3.8, 4) is 0 Å². The Kier molecular flexibility index (Phi) is 8.82. The lowest BCUT2D eigenvalue weighted by Crippen LogP contribution is -2.44. The van der Waals surface area contributed by atoms with Crippen LogP contribution in [-0.4, -0.2) is 47.9 Å². The summed E-state index contributed by atoms with van der Waals surface area (Å²) in [7, 11) is 1.76. The molecule has 0 saturated carbocycles. The van der Waals surface area contributed by atoms with E-state index >= 15 is 0 Å². The van der Waals surface area contributed by atoms with Gasteiger partial charge < -0.3 is 15.5 Å². The lowest BCUT2D eigenvalue weighted by molar-refractivity contribution is -0.129. The lowest BCUT2D eigenvalue weighted by atomic mass is 10.3. The van der Waals surface area contributed by atoms with Crippen LogP contribution >= 0.6 is 35.3 Å². The van der Waals surface area contributed by atoms with Crippen LogP contribution in [0.1, 0.15) is 36.6 Å². The molecule has 1 aromatic heterocycles. The van der Waals surface area contributed by atoms with Crippen molar-refractivity contribution in [1.29, 1.82) is 0 Å². The lowest BCUT2D eigenvalue weighted by Gasteiger charge is -2.18. The van der Waals surface area contributed by atoms with Gasteiger partial charge >= 0.3 is 0 Å². The Bertz CT molecular complexity index is 534. The van der Waals surface area contributed by atoms with Crippen LogP contribution in [0.15, 0.2) is 11.2 Å². The van der Waals surface area contributed by atoms with Crippen LogP contribution in [0, 0.1) is 0 Å². The highest BCUT2D eigenvalue weighted by atomic mass is 127. The zero-order chi connectivity index (χ0) is 15.9. The summed E-state index contributed by atoms with van der Waals surface area (Å²) in [6.07, 6.45) is 4.49. The van der Waals surface area contributed by atoms with Crippen LogP contribution in [0.5, 0.6) is 0 Å². The van der Waals surface area contributed by atoms with Gasteiger partial charge in [0.2, 0.25) is 5.91 Å². The highest BCUT2D eigenvalue weighted by Crippen LogP contribution is 2.13. The first kappa shape index (κ1) is 20.1. The monoisotopic (exact) mass is 451 g/mol. The summed E-state index contributed by atoms with van der Waals surface area (Å²) in [6.45, 7) is 6.30. The van der Waals surface area contributed by atoms with E-state index in [9.17, 15) is 4.79 Å². The molecule has 8 heteroatoms. The number of halogens is 1. The van der Waals surface area contributed by atoms with E-state index in [0.717, 1.165) is 36.9 Å². The molecule has 23 heavy (non-hydrogen) atoms. The first-order valence-corrected chi connectivity index (χ1v) is 8.66. The van der Waals surface area contributed by atoms with Gasteiger partial charge in [0.1, 0.15) is 5.01 Å². The van der Waals surface area contributed by atoms with E-state index in [1.807, 2.05) is 18.0 Å². The van der Waals surface area contributed by atoms with Crippen LogP contribution in [0.3, 0.4) is 0 Å². The predicted octanol–water partition coefficient (Wildman–Crippen LogP) is 2.00. The molecule has 6 nitrogen and oxygen atoms in total. The Morgan fingerprint density at radius 2 is 2.30 bits per heavy atom. The molecule has 2 heterocycles. The topological polar surface area (TPSA) is 69.6 Å². The Labute approximate surface area is 159 Å². The number of carbonyl (C=O) groups is 1. The largest absolute Gasteiger partial charge is 0.352 e. The number of carbonyl (C=O) groups excluding carboxylic acids is 1. The molecule has 1 amide bonds. The summed E-state index contributed by atoms with van der Waals surface area (Å²) < 4.78 is 0. The van der Waals surface area contributed by atoms with Crippen molar-refractivity contribution >= 4 is 47.2 Å². The molecule has 0 radical (unpaired) electrons. The van der Waals surface area contributed by atoms with Gasteiger partial charge in [-0.1, -0.05) is 13.8 Å². The standard InChI is InChI=1S/C15H25N5OS.HI/c1-4-12-8-17-13(22-12)9-18-15(16-3)19-11-6-7-20(10-11)14(21)5-2;/h8,11H,4-7,9-10H2,1-3H3,(H2,16,18,19);1H. The number of nitrogens with zero attached hydrogens (tertiary/aromatic N) is 3. The Balaban J connectivity index is 0.00000264. The summed E-state index contributed by atoms with van der Waals surface area (Å²) in [5.41, 5.74) is 0. The molecule has 1 unspecified atom stereocenters. The van der Waals surface area contributed by atoms with Crippen LogP contribution in [0.4, 0.5) is 0 Å². The van der Waals surface area contributed by atoms with E-state index in [-0.39, 0.29) is 35.9 Å². The molecule has 0 bridgehead atoms. The molecule has 1 aliphatic rings. The van der Waals surface area contributed by atoms with Gasteiger partial charge in [0.05, 0.1) is 6.54 Å². The van der Waals surface area contributed by atoms with Crippen LogP contribution < -0.4 is 10.6 Å². The summed E-state index contributed by atoms with van der Waals surface area (Å²) in [6, 6.07) is 0.268. The maximum absolute atomic E-state index is 11.7. The third-order valence-corrected chi connectivity index (χ3v) is 4.91. The molecule has 1 aliphatic heterocycles. The highest BCUT2D eigenvalue weighted by Gasteiger charge is 2.25. The molecule has 1 fully saturated rings. The molecular weight excluding hydrogens is 425 g/mol. The molecule has 0 aliphatic carbocycles. The molecule has 130 valence electrons. The third-order valence-electron chi connectivity index (χ3n) is 3.76. The zero-order valence-electron chi connectivity index (χ0n) is 14.0. The van der Waals surface area contributed by atoms with E-state index in [1.165, 1.54) is 4.88 Å². The van der Waals surface area contributed by atoms with Gasteiger partial charge in [-0.25, -0.2) is 4.98 Å². The Hall–Kier alpha value is -0.900. The fourth-order valence-electron chi connectivity index (χ4n) is 2.47. The van der Waals surface area contributed by atoms with Crippen LogP contribution in [-0.2, 0) is 17.8 Å². The highest BCUT2D eigenvalue weighted by molar-refractivity contribution is 14.0. The minimum Gasteiger partial charge on any atom is -0.352 e. The second-order valence-electron chi connectivity index (χ2n) is 5.32. The van der Waals surface area contributed by atoms with Gasteiger partial charge in [-0.15, -0.1) is 35.3 Å². The van der Waals surface area contributed by atoms with Crippen molar-refractivity contribution in [2.24, 2.45) is 4.99 Å². The number of hydrogen-bond donors (Lipinski definition) is 2. The van der Waals surface area contributed by atoms with E-state index in [2.05, 4.69) is 27.5 Å². The number of amides is 1. The smallest absolute Gasteiger partial charge is 0.222 e. The molecule has 1 aromatic rings. The second-order valence-corrected chi connectivity index (χ2v) is 6.52. The van der Waals surface area contributed by atoms with Crippen LogP contribution in [0.2, 0.25) is 0 Å². The number of aryl methyl sites for hydroxylation is 1. The molecule has 0 aromatic carbocycles. The number of thiazole rings is 1. The summed E-state index contributed by atoms with van der Waals surface area (Å²) in [5, 5.41) is 7.74. The summed E-state index contributed by atoms with van der Waals surface area (Å²) in [4.78, 5) is 23.6. The minimum absolute atomic E-state index is 0. The van der Waals surface area contributed by atoms with Crippen molar-refractivity contribution < 1.29 is 4.79 Å². The summed E-state index contributed by atoms with van der Waals surface area (Å²) in [5.74, 6) is 0.992. The van der Waals surface area contributed by atoms with Crippen molar-refractivity contribution in [1.82, 2.24) is 20.5 Å². The van der Waals surface area contributed by atoms with Crippen molar-refractivity contribution in [3.63, 3.8) is 0 Å². The number of nitrogens with one attached hydrogen (secondary N) is 2. The average Bonchev–Trinajstić information content (AvgIpc) is 3.19. The van der Waals surface area contributed by atoms with Gasteiger partial charge in [-0.2, -0.15) is 0 Å². The molecule has 1 atom stereocenters. The van der Waals surface area contributed by atoms with E-state index in [1.54, 1.807) is 18.4 Å². The van der Waals surface area contributed by atoms with Gasteiger partial charge in [0, 0.05) is 43.7 Å². The number of likely N-dealkylation sites (tertiary alicyclic amines) is 1. The molecule has 0 spiro atoms. The number of guanidine groups is 1. The second kappa shape index (κ2) is 10.1. The Morgan fingerprint density at radius 1 is 1.52 bits per heavy atom. The fraction of sp³-hybridized carbons (Fsp3) is 0.667. The minimum atomic E-state index is 0. The maximum Gasteiger partial charge on any atom is 0.222 e. The number of rotatable bonds is 5. The maximum atomic E-state index is 11.7. The predicted molar refractivity (Wildman–Crippen MR) is 106 cm³/mol. The van der Waals surface area contributed by atoms with E-state index in [0.29, 0.717) is 13.0 Å². The molecular formula is C15H26IN5OS. The SMILES string of the molecule is CCC(=O)N1CCC(NC(=NC)NCc2ncc(CC)s2)C1.I. The van der Waals surface area contributed by atoms with E-state index in [4.69, 9.17) is 0 Å². The van der Waals surface area contributed by atoms with Gasteiger partial charge in [0.15, 0.2) is 5.96 Å². The molecule has 2 N–H and O–H groups in total. The quantitative estimate of drug-likeness (QED) is 0.408. The van der Waals surface area contributed by atoms with Crippen LogP contribution in [0.25, 0.3) is 0 Å². The normalized spacial score (nSPS) is 17.8. The third kappa shape index (κ3) is 5.91. The van der Waals surface area contributed by atoms with Crippen molar-refractivity contribution in [2.75, 3.05) is 20.1 Å². The fourth-order valence-corrected chi connectivity index (χ4v) is 3.27. The Morgan fingerprint density at radius 3 is 2.91 bits per heavy atom. The number of hydrogen-bond acceptors (Lipinski definition) is 4. The van der Waals surface area contributed by atoms with Crippen molar-refractivity contribution in [3.05, 3.63) is 16.1 Å². The van der Waals surface area contributed by atoms with Gasteiger partial charge in [-0.3, -0.25) is 9.79 Å². The number of aromatic nitrogens is 1. The van der Waals surface area contributed by atoms with Gasteiger partial charge in [0.25, 0.3) is 0 Å². The first-order valence-electron chi connectivity index (χ1n) is 7.84. The zero-order valence-corrected chi connectivity index (χ0v) is 17.1. The molecule has 2 rings (SSSR count). The van der Waals surface area contributed by atoms with Crippen molar-refractivity contribution in [2.45, 2.75) is 45.7 Å². The first-order chi connectivity index (χ1) is 10.7. The summed E-state index contributed by atoms with van der Waals surface area (Å²) >= 11 is 1.73. The van der Waals surface area contributed by atoms with E-state index < -0.39 is 0 Å². The average molecular weight is 451 g/mol. The number of aliphatic imine (C=N–C) groups is 1.